The van der Waals surface area contributed by atoms with E-state index in [1.54, 1.807) is 0 Å². The van der Waals surface area contributed by atoms with Crippen LogP contribution in [0.5, 0.6) is 0 Å². The number of carbonyl (C=O) groups is 2. The minimum absolute atomic E-state index is 0.0258. The van der Waals surface area contributed by atoms with Gasteiger partial charge in [0.05, 0.1) is 33.8 Å². The number of carbonyl (C=O) groups excluding carboxylic acids is 2. The third-order valence-corrected chi connectivity index (χ3v) is 13.9. The van der Waals surface area contributed by atoms with Gasteiger partial charge in [0.15, 0.2) is 0 Å². The van der Waals surface area contributed by atoms with E-state index in [1.165, 1.54) is 135 Å². The zero-order valence-corrected chi connectivity index (χ0v) is 48.1. The van der Waals surface area contributed by atoms with Crippen LogP contribution in [-0.2, 0) is 27.9 Å². The van der Waals surface area contributed by atoms with E-state index < -0.39 is 26.6 Å². The van der Waals surface area contributed by atoms with E-state index in [0.29, 0.717) is 23.9 Å². The number of amides is 1. The number of phosphoric ester groups is 1. The summed E-state index contributed by atoms with van der Waals surface area (Å²) in [7, 11) is 1.17. The van der Waals surface area contributed by atoms with E-state index in [4.69, 9.17) is 13.8 Å². The van der Waals surface area contributed by atoms with Crippen LogP contribution in [0.4, 0.5) is 0 Å². The Morgan fingerprint density at radius 3 is 1.31 bits per heavy atom. The Bertz CT molecular complexity index is 1400. The molecule has 0 aromatic heterocycles. The quantitative estimate of drug-likeness (QED) is 0.0212. The summed E-state index contributed by atoms with van der Waals surface area (Å²) in [6, 6.07) is -0.894. The average molecular weight is 1020 g/mol. The van der Waals surface area contributed by atoms with E-state index in [-0.39, 0.29) is 24.9 Å². The Hall–Kier alpha value is -2.29. The number of allylic oxidation sites excluding steroid dienone is 9. The fourth-order valence-corrected chi connectivity index (χ4v) is 9.05. The van der Waals surface area contributed by atoms with Gasteiger partial charge in [-0.3, -0.25) is 14.2 Å². The normalized spacial score (nSPS) is 14.2. The predicted octanol–water partition coefficient (Wildman–Crippen LogP) is 17.3. The molecule has 0 saturated heterocycles. The van der Waals surface area contributed by atoms with Gasteiger partial charge in [-0.15, -0.1) is 0 Å². The van der Waals surface area contributed by atoms with Crippen LogP contribution >= 0.6 is 7.82 Å². The van der Waals surface area contributed by atoms with Crippen molar-refractivity contribution in [2.75, 3.05) is 40.9 Å². The second-order valence-electron chi connectivity index (χ2n) is 21.2. The fourth-order valence-electron chi connectivity index (χ4n) is 8.33. The van der Waals surface area contributed by atoms with Crippen molar-refractivity contribution in [2.45, 2.75) is 277 Å². The second-order valence-corrected chi connectivity index (χ2v) is 22.6. The first-order valence-electron chi connectivity index (χ1n) is 29.6. The van der Waals surface area contributed by atoms with Crippen molar-refractivity contribution in [3.05, 3.63) is 60.8 Å². The number of nitrogens with zero attached hydrogens (tertiary/aromatic N) is 1. The molecule has 0 aliphatic rings. The molecule has 3 unspecified atom stereocenters. The van der Waals surface area contributed by atoms with Crippen molar-refractivity contribution in [1.29, 1.82) is 0 Å². The minimum Gasteiger partial charge on any atom is -0.756 e. The number of hydrogen-bond acceptors (Lipinski definition) is 7. The van der Waals surface area contributed by atoms with E-state index in [2.05, 4.69) is 74.7 Å². The molecule has 0 bridgehead atoms. The average Bonchev–Trinajstić information content (AvgIpc) is 3.33. The fraction of sp³-hybridized carbons (Fsp3) is 0.803. The van der Waals surface area contributed by atoms with Crippen LogP contribution in [0.1, 0.15) is 265 Å². The molecule has 0 aromatic carbocycles. The third-order valence-electron chi connectivity index (χ3n) is 13.0. The lowest BCUT2D eigenvalue weighted by atomic mass is 10.0. The Morgan fingerprint density at radius 1 is 0.493 bits per heavy atom. The highest BCUT2D eigenvalue weighted by Gasteiger charge is 2.27. The molecule has 1 amide bonds. The van der Waals surface area contributed by atoms with Gasteiger partial charge in [0.25, 0.3) is 7.82 Å². The van der Waals surface area contributed by atoms with Gasteiger partial charge in [-0.05, 0) is 76.7 Å². The number of ether oxygens (including phenoxy) is 1. The SMILES string of the molecule is CCCCC/C=C\C/C=C\C/C=C\C/C=C\CCCCCCCC(=O)OC(/C=C\CCCCCCCCCCCCC)C(COP(=O)([O-])OCC[N+](C)(C)C)NC(=O)CCCCCCCCCCCCC. The Kier molecular flexibility index (Phi) is 49.6. The molecule has 1 N–H and O–H groups in total. The van der Waals surface area contributed by atoms with Crippen molar-refractivity contribution in [2.24, 2.45) is 0 Å². The number of likely N-dealkylation sites (N-methyl/N-ethyl adjacent to an activating group) is 1. The van der Waals surface area contributed by atoms with Gasteiger partial charge < -0.3 is 28.5 Å². The lowest BCUT2D eigenvalue weighted by molar-refractivity contribution is -0.870. The minimum atomic E-state index is -4.70. The molecule has 3 atom stereocenters. The van der Waals surface area contributed by atoms with Crippen LogP contribution in [0.25, 0.3) is 0 Å². The smallest absolute Gasteiger partial charge is 0.306 e. The summed E-state index contributed by atoms with van der Waals surface area (Å²) in [5, 5.41) is 3.01. The Balaban J connectivity index is 5.31. The molecule has 10 heteroatoms. The number of hydrogen-bond donors (Lipinski definition) is 1. The molecule has 414 valence electrons. The zero-order valence-electron chi connectivity index (χ0n) is 47.2. The number of unbranched alkanes of at least 4 members (excludes halogenated alkanes) is 29. The standard InChI is InChI=1S/C61H113N2O7P/c1-7-10-13-16-19-22-25-27-28-29-30-31-32-33-34-36-39-42-45-48-51-54-61(65)70-59(52-49-46-43-40-38-35-26-23-20-17-14-11-8-2)58(57-69-71(66,67)68-56-55-63(4,5)6)62-60(64)53-50-47-44-41-37-24-21-18-15-12-9-3/h19,22,27-28,30-31,33-34,49,52,58-59H,7-18,20-21,23-26,29,32,35-48,50-51,53-57H2,1-6H3,(H-,62,64,66,67)/b22-19-,28-27-,31-30-,34-33-,52-49-. The topological polar surface area (TPSA) is 114 Å². The highest BCUT2D eigenvalue weighted by molar-refractivity contribution is 7.45. The van der Waals surface area contributed by atoms with E-state index in [0.717, 1.165) is 89.9 Å². The lowest BCUT2D eigenvalue weighted by Crippen LogP contribution is -2.47. The van der Waals surface area contributed by atoms with Gasteiger partial charge in [-0.2, -0.15) is 0 Å². The van der Waals surface area contributed by atoms with Crippen LogP contribution in [0.2, 0.25) is 0 Å². The van der Waals surface area contributed by atoms with E-state index >= 15 is 0 Å². The number of rotatable bonds is 53. The van der Waals surface area contributed by atoms with Gasteiger partial charge in [0.1, 0.15) is 19.3 Å². The van der Waals surface area contributed by atoms with Crippen molar-refractivity contribution >= 4 is 19.7 Å². The van der Waals surface area contributed by atoms with Crippen molar-refractivity contribution in [3.8, 4) is 0 Å². The predicted molar refractivity (Wildman–Crippen MR) is 302 cm³/mol. The van der Waals surface area contributed by atoms with Gasteiger partial charge in [0, 0.05) is 12.8 Å². The first-order chi connectivity index (χ1) is 34.4. The summed E-state index contributed by atoms with van der Waals surface area (Å²) in [6.07, 6.45) is 63.2. The summed E-state index contributed by atoms with van der Waals surface area (Å²) in [6.45, 7) is 6.80. The maximum absolute atomic E-state index is 13.5. The number of quaternary nitrogens is 1. The summed E-state index contributed by atoms with van der Waals surface area (Å²) < 4.78 is 30.2. The van der Waals surface area contributed by atoms with Gasteiger partial charge in [-0.1, -0.05) is 236 Å². The molecule has 9 nitrogen and oxygen atoms in total. The number of nitrogens with one attached hydrogen (secondary N) is 1. The number of phosphoric acid groups is 1. The molecule has 0 fully saturated rings. The first-order valence-corrected chi connectivity index (χ1v) is 31.1. The molecule has 0 radical (unpaired) electrons. The zero-order chi connectivity index (χ0) is 52.2. The van der Waals surface area contributed by atoms with Crippen LogP contribution < -0.4 is 10.2 Å². The summed E-state index contributed by atoms with van der Waals surface area (Å²) in [5.41, 5.74) is 0. The van der Waals surface area contributed by atoms with Gasteiger partial charge in [-0.25, -0.2) is 0 Å². The molecule has 0 spiro atoms. The molecule has 0 aliphatic heterocycles. The summed E-state index contributed by atoms with van der Waals surface area (Å²) in [4.78, 5) is 39.8. The maximum Gasteiger partial charge on any atom is 0.306 e. The first kappa shape index (κ1) is 68.7. The van der Waals surface area contributed by atoms with Gasteiger partial charge in [0.2, 0.25) is 5.91 Å². The van der Waals surface area contributed by atoms with Crippen molar-refractivity contribution in [3.63, 3.8) is 0 Å². The molecule has 71 heavy (non-hydrogen) atoms. The molecule has 0 aliphatic carbocycles. The summed E-state index contributed by atoms with van der Waals surface area (Å²) in [5.74, 6) is -0.559. The molecule has 0 aromatic rings. The number of esters is 1. The largest absolute Gasteiger partial charge is 0.756 e. The molecular weight excluding hydrogens is 904 g/mol. The molecule has 0 saturated carbocycles. The van der Waals surface area contributed by atoms with E-state index in [9.17, 15) is 19.0 Å². The summed E-state index contributed by atoms with van der Waals surface area (Å²) >= 11 is 0. The lowest BCUT2D eigenvalue weighted by Gasteiger charge is -2.30. The van der Waals surface area contributed by atoms with Crippen LogP contribution in [0.3, 0.4) is 0 Å². The van der Waals surface area contributed by atoms with E-state index in [1.807, 2.05) is 33.3 Å². The Labute approximate surface area is 439 Å². The van der Waals surface area contributed by atoms with Crippen LogP contribution in [0.15, 0.2) is 60.8 Å². The maximum atomic E-state index is 13.5. The Morgan fingerprint density at radius 2 is 0.859 bits per heavy atom. The molecular formula is C61H113N2O7P. The van der Waals surface area contributed by atoms with Crippen LogP contribution in [-0.4, -0.2) is 69.4 Å². The third kappa shape index (κ3) is 52.4. The van der Waals surface area contributed by atoms with Gasteiger partial charge >= 0.3 is 5.97 Å². The van der Waals surface area contributed by atoms with Crippen molar-refractivity contribution in [1.82, 2.24) is 5.32 Å². The monoisotopic (exact) mass is 1020 g/mol. The molecule has 0 heterocycles. The highest BCUT2D eigenvalue weighted by Crippen LogP contribution is 2.38. The second kappa shape index (κ2) is 51.2. The molecule has 0 rings (SSSR count). The highest BCUT2D eigenvalue weighted by atomic mass is 31.2. The van der Waals surface area contributed by atoms with Crippen molar-refractivity contribution < 1.29 is 37.3 Å². The van der Waals surface area contributed by atoms with Crippen LogP contribution in [0, 0.1) is 0 Å².